The van der Waals surface area contributed by atoms with Crippen LogP contribution in [0.5, 0.6) is 0 Å². The van der Waals surface area contributed by atoms with Gasteiger partial charge in [0.2, 0.25) is 0 Å². The van der Waals surface area contributed by atoms with Crippen molar-refractivity contribution in [2.75, 3.05) is 6.54 Å². The average molecular weight is 1080 g/mol. The number of esters is 1. The minimum absolute atomic E-state index is 0.00888. The number of hydrogen-bond donors (Lipinski definition) is 9. The third kappa shape index (κ3) is 15.2. The normalized spacial score (nSPS) is 45.9. The zero-order valence-electron chi connectivity index (χ0n) is 44.3. The van der Waals surface area contributed by atoms with Crippen molar-refractivity contribution in [3.05, 3.63) is 71.4 Å². The summed E-state index contributed by atoms with van der Waals surface area (Å²) in [6.07, 6.45) is -0.705. The molecule has 7 aliphatic rings. The van der Waals surface area contributed by atoms with E-state index in [0.717, 1.165) is 36.1 Å². The molecule has 0 saturated carbocycles. The number of ether oxygens (including phenoxy) is 4. The van der Waals surface area contributed by atoms with Crippen LogP contribution in [0.1, 0.15) is 131 Å². The first-order valence-electron chi connectivity index (χ1n) is 27.3. The fraction of sp³-hybridized carbons (Fsp3) is 0.750. The van der Waals surface area contributed by atoms with Gasteiger partial charge >= 0.3 is 16.4 Å². The third-order valence-corrected chi connectivity index (χ3v) is 17.7. The van der Waals surface area contributed by atoms with Crippen molar-refractivity contribution >= 4 is 22.1 Å². The highest BCUT2D eigenvalue weighted by Crippen LogP contribution is 2.53. The molecule has 0 radical (unpaired) electrons. The fourth-order valence-electron chi connectivity index (χ4n) is 12.7. The van der Waals surface area contributed by atoms with E-state index in [1.165, 1.54) is 17.7 Å². The van der Waals surface area contributed by atoms with Gasteiger partial charge in [0.05, 0.1) is 73.6 Å². The minimum atomic E-state index is -5.20. The van der Waals surface area contributed by atoms with Gasteiger partial charge in [-0.2, -0.15) is 8.42 Å². The first kappa shape index (κ1) is 59.7. The van der Waals surface area contributed by atoms with Gasteiger partial charge in [-0.1, -0.05) is 86.1 Å². The summed E-state index contributed by atoms with van der Waals surface area (Å²) in [5.74, 6) is -1.29. The second kappa shape index (κ2) is 25.9. The maximum Gasteiger partial charge on any atom is 0.397 e. The van der Waals surface area contributed by atoms with E-state index in [2.05, 4.69) is 38.7 Å². The molecule has 18 nitrogen and oxygen atoms in total. The predicted octanol–water partition coefficient (Wildman–Crippen LogP) is 4.62. The first-order valence-corrected chi connectivity index (χ1v) is 28.6. The zero-order chi connectivity index (χ0) is 54.5. The third-order valence-electron chi connectivity index (χ3n) is 17.3. The Morgan fingerprint density at radius 2 is 1.48 bits per heavy atom. The van der Waals surface area contributed by atoms with Gasteiger partial charge < -0.3 is 59.8 Å². The van der Waals surface area contributed by atoms with Crippen molar-refractivity contribution in [1.82, 2.24) is 0 Å². The van der Waals surface area contributed by atoms with E-state index in [-0.39, 0.29) is 67.6 Å². The van der Waals surface area contributed by atoms with Gasteiger partial charge in [-0.25, -0.2) is 4.18 Å². The summed E-state index contributed by atoms with van der Waals surface area (Å²) in [5.41, 5.74) is 4.72. The van der Waals surface area contributed by atoms with Crippen molar-refractivity contribution < 1.29 is 81.7 Å². The number of rotatable bonds is 2. The molecule has 75 heavy (non-hydrogen) atoms. The molecule has 19 heteroatoms. The average Bonchev–Trinajstić information content (AvgIpc) is 3.63. The zero-order valence-corrected chi connectivity index (χ0v) is 45.1. The molecule has 0 aromatic heterocycles. The van der Waals surface area contributed by atoms with Crippen LogP contribution in [-0.2, 0) is 38.3 Å². The molecular weight excluding hydrogens is 991 g/mol. The summed E-state index contributed by atoms with van der Waals surface area (Å²) in [5, 5.41) is 89.8. The summed E-state index contributed by atoms with van der Waals surface area (Å²) < 4.78 is 63.6. The minimum Gasteiger partial charge on any atom is -0.458 e. The second-order valence-electron chi connectivity index (χ2n) is 23.0. The lowest BCUT2D eigenvalue weighted by molar-refractivity contribution is -0.189. The van der Waals surface area contributed by atoms with E-state index >= 15 is 0 Å². The predicted molar refractivity (Wildman–Crippen MR) is 278 cm³/mol. The van der Waals surface area contributed by atoms with Crippen LogP contribution in [0.25, 0.3) is 0 Å². The number of allylic oxidation sites excluding steroid dienone is 7. The van der Waals surface area contributed by atoms with Gasteiger partial charge in [-0.15, -0.1) is 0 Å². The summed E-state index contributed by atoms with van der Waals surface area (Å²) in [6.45, 7) is 15.2. The number of aliphatic imine (C=N–C) groups is 1. The van der Waals surface area contributed by atoms with Gasteiger partial charge in [0.15, 0.2) is 0 Å². The van der Waals surface area contributed by atoms with Crippen molar-refractivity contribution in [3.63, 3.8) is 0 Å². The largest absolute Gasteiger partial charge is 0.458 e. The van der Waals surface area contributed by atoms with Gasteiger partial charge in [-0.3, -0.25) is 14.3 Å². The Labute approximate surface area is 442 Å². The van der Waals surface area contributed by atoms with Crippen molar-refractivity contribution in [1.29, 1.82) is 0 Å². The Morgan fingerprint density at radius 3 is 2.23 bits per heavy atom. The first-order chi connectivity index (χ1) is 35.4. The van der Waals surface area contributed by atoms with Gasteiger partial charge in [0.1, 0.15) is 30.5 Å². The van der Waals surface area contributed by atoms with E-state index in [1.54, 1.807) is 6.08 Å². The Bertz CT molecular complexity index is 2280. The highest BCUT2D eigenvalue weighted by atomic mass is 32.3. The van der Waals surface area contributed by atoms with Gasteiger partial charge in [0, 0.05) is 36.4 Å². The monoisotopic (exact) mass is 1080 g/mol. The lowest BCUT2D eigenvalue weighted by atomic mass is 9.55. The topological polar surface area (TPSA) is 292 Å². The van der Waals surface area contributed by atoms with Crippen LogP contribution in [0.2, 0.25) is 0 Å². The number of aliphatic hydroxyl groups excluding tert-OH is 8. The molecule has 6 aliphatic heterocycles. The molecule has 7 rings (SSSR count). The molecule has 9 bridgehead atoms. The molecule has 0 spiro atoms. The molecular formula is C56H85NO17S. The second-order valence-corrected chi connectivity index (χ2v) is 24.1. The number of hydrogen-bond acceptors (Lipinski definition) is 17. The van der Waals surface area contributed by atoms with E-state index in [9.17, 15) is 58.6 Å². The van der Waals surface area contributed by atoms with Crippen molar-refractivity contribution in [2.45, 2.75) is 229 Å². The summed E-state index contributed by atoms with van der Waals surface area (Å²) in [4.78, 5) is 19.2. The molecule has 3 fully saturated rings. The van der Waals surface area contributed by atoms with Crippen molar-refractivity contribution in [3.8, 4) is 0 Å². The van der Waals surface area contributed by atoms with E-state index in [1.807, 2.05) is 26.8 Å². The molecule has 6 heterocycles. The van der Waals surface area contributed by atoms with E-state index in [0.29, 0.717) is 44.2 Å². The molecule has 0 amide bonds. The smallest absolute Gasteiger partial charge is 0.397 e. The Morgan fingerprint density at radius 1 is 0.747 bits per heavy atom. The number of carbonyl (C=O) groups is 1. The molecule has 21 unspecified atom stereocenters. The standard InChI is InChI=1S/C56H85NO17S/c1-30-8-7-9-50-56(6)36(20-21-57-50)24-35-25-39(56)33(4)12-10-31(2)22-38(16-17-40(59)48-28-43(62)52(65)46(72-48)19-15-37(58)14-11-30)70-51(64)29-49-55(74-75(67,68)69)53(66)54(73-49)44(63)23-34(5)32(3)13-18-45-41(60)27-42(61)47(26-35)71-45/h8,11-12,14,16-17,25,31,34,36-49,52-55,58-63,65-66H,3,7,9-10,13,15,18-24,26-29H2,1-2,4-6H3,(H,67,68,69)/b14-11+,17-16+,30-8+,33-12+. The fourth-order valence-corrected chi connectivity index (χ4v) is 13.2. The van der Waals surface area contributed by atoms with Crippen LogP contribution in [0.3, 0.4) is 0 Å². The molecule has 1 aliphatic carbocycles. The van der Waals surface area contributed by atoms with Crippen LogP contribution in [-0.4, -0.2) is 170 Å². The van der Waals surface area contributed by atoms with Crippen molar-refractivity contribution in [2.24, 2.45) is 34.1 Å². The Hall–Kier alpha value is -2.99. The van der Waals surface area contributed by atoms with Gasteiger partial charge in [0.25, 0.3) is 0 Å². The Kier molecular flexibility index (Phi) is 20.6. The van der Waals surface area contributed by atoms with Gasteiger partial charge in [-0.05, 0) is 115 Å². The number of nitrogens with zero attached hydrogens (tertiary/aromatic N) is 1. The van der Waals surface area contributed by atoms with E-state index < -0.39 is 120 Å². The number of carbonyl (C=O) groups excluding carboxylic acids is 1. The summed E-state index contributed by atoms with van der Waals surface area (Å²) >= 11 is 0. The maximum absolute atomic E-state index is 14.0. The number of aliphatic hydroxyl groups is 8. The maximum atomic E-state index is 14.0. The molecule has 0 aromatic carbocycles. The van der Waals surface area contributed by atoms with E-state index in [4.69, 9.17) is 28.1 Å². The summed E-state index contributed by atoms with van der Waals surface area (Å²) in [6, 6.07) is 0. The molecule has 422 valence electrons. The van der Waals surface area contributed by atoms with Crippen LogP contribution < -0.4 is 0 Å². The lowest BCUT2D eigenvalue weighted by Gasteiger charge is -2.50. The summed E-state index contributed by atoms with van der Waals surface area (Å²) in [7, 11) is -5.20. The molecule has 9 N–H and O–H groups in total. The number of fused-ring (bicyclic) bond motifs is 10. The highest BCUT2D eigenvalue weighted by molar-refractivity contribution is 7.80. The van der Waals surface area contributed by atoms with Crippen LogP contribution in [0.4, 0.5) is 0 Å². The Balaban J connectivity index is 1.27. The van der Waals surface area contributed by atoms with Crippen LogP contribution >= 0.6 is 0 Å². The van der Waals surface area contributed by atoms with Crippen LogP contribution in [0.15, 0.2) is 76.4 Å². The molecule has 0 aromatic rings. The lowest BCUT2D eigenvalue weighted by Crippen LogP contribution is -2.51. The SMILES string of the molecule is C=C1CCC2OC(CC3=CC4/C(C)=C/CC(C)CC(/C=C/C(O)C5CC(O)C(O)C(CCC(O)/C=C/C(C)=C/CCC6=NCCC(C3)C64C)O5)OC(=O)CC3OC(C(O)CC1C)C(O)C3OS(=O)(=O)O)C(O)CC2O. The highest BCUT2D eigenvalue weighted by Gasteiger charge is 2.52. The molecule has 3 saturated heterocycles. The molecule has 21 atom stereocenters. The quantitative estimate of drug-likeness (QED) is 0.104. The van der Waals surface area contributed by atoms with Crippen LogP contribution in [0, 0.1) is 29.1 Å².